The maximum Gasteiger partial charge on any atom is 0.0900 e. The molecule has 0 spiro atoms. The quantitative estimate of drug-likeness (QED) is 0.854. The third kappa shape index (κ3) is 3.65. The molecule has 2 atom stereocenters. The summed E-state index contributed by atoms with van der Waals surface area (Å²) in [7, 11) is 0. The van der Waals surface area contributed by atoms with E-state index in [2.05, 4.69) is 78.2 Å². The molecule has 0 bridgehead atoms. The minimum Gasteiger partial charge on any atom is -0.302 e. The number of rotatable bonds is 4. The van der Waals surface area contributed by atoms with Gasteiger partial charge in [0.25, 0.3) is 0 Å². The van der Waals surface area contributed by atoms with Gasteiger partial charge in [0.05, 0.1) is 10.7 Å². The Morgan fingerprint density at radius 1 is 1.11 bits per heavy atom. The van der Waals surface area contributed by atoms with Crippen molar-refractivity contribution in [1.29, 1.82) is 0 Å². The van der Waals surface area contributed by atoms with Crippen LogP contribution in [0.25, 0.3) is 0 Å². The van der Waals surface area contributed by atoms with Gasteiger partial charge in [-0.05, 0) is 45.4 Å². The molecule has 2 aromatic rings. The minimum atomic E-state index is 0.267. The summed E-state index contributed by atoms with van der Waals surface area (Å²) >= 11 is 5.23. The van der Waals surface area contributed by atoms with Crippen LogP contribution in [0.3, 0.4) is 0 Å². The molecule has 4 heteroatoms. The van der Waals surface area contributed by atoms with Gasteiger partial charge in [-0.2, -0.15) is 0 Å². The number of thiazole rings is 1. The molecule has 102 valence electrons. The molecule has 0 radical (unpaired) electrons. The van der Waals surface area contributed by atoms with Crippen LogP contribution in [0.4, 0.5) is 0 Å². The Bertz CT molecular complexity index is 548. The van der Waals surface area contributed by atoms with Crippen molar-refractivity contribution in [2.45, 2.75) is 39.8 Å². The molecule has 1 N–H and O–H groups in total. The van der Waals surface area contributed by atoms with E-state index in [1.165, 1.54) is 16.1 Å². The second kappa shape index (κ2) is 6.16. The van der Waals surface area contributed by atoms with Crippen LogP contribution in [0.15, 0.2) is 28.7 Å². The van der Waals surface area contributed by atoms with Gasteiger partial charge >= 0.3 is 0 Å². The molecule has 1 aromatic heterocycles. The third-order valence-electron chi connectivity index (χ3n) is 3.22. The smallest absolute Gasteiger partial charge is 0.0900 e. The van der Waals surface area contributed by atoms with Gasteiger partial charge < -0.3 is 5.32 Å². The number of hydrogen-bond donors (Lipinski definition) is 1. The molecule has 2 rings (SSSR count). The van der Waals surface area contributed by atoms with Gasteiger partial charge in [0, 0.05) is 21.4 Å². The second-order valence-electron chi connectivity index (χ2n) is 4.84. The van der Waals surface area contributed by atoms with E-state index < -0.39 is 0 Å². The number of aryl methyl sites for hydroxylation is 2. The zero-order chi connectivity index (χ0) is 14.0. The van der Waals surface area contributed by atoms with Gasteiger partial charge in [0.1, 0.15) is 0 Å². The second-order valence-corrected chi connectivity index (χ2v) is 7.16. The Labute approximate surface area is 127 Å². The fraction of sp³-hybridized carbons (Fsp3) is 0.400. The van der Waals surface area contributed by atoms with Crippen molar-refractivity contribution in [3.8, 4) is 0 Å². The van der Waals surface area contributed by atoms with E-state index in [4.69, 9.17) is 0 Å². The number of hydrogen-bond acceptors (Lipinski definition) is 3. The zero-order valence-electron chi connectivity index (χ0n) is 11.7. The molecule has 0 saturated carbocycles. The molecule has 19 heavy (non-hydrogen) atoms. The average Bonchev–Trinajstić information content (AvgIpc) is 2.69. The maximum atomic E-state index is 4.62. The van der Waals surface area contributed by atoms with Crippen molar-refractivity contribution < 1.29 is 0 Å². The third-order valence-corrected chi connectivity index (χ3v) is 4.65. The van der Waals surface area contributed by atoms with Crippen molar-refractivity contribution in [3.05, 3.63) is 49.9 Å². The number of halogens is 1. The highest BCUT2D eigenvalue weighted by molar-refractivity contribution is 9.10. The number of nitrogens with zero attached hydrogens (tertiary/aromatic N) is 1. The van der Waals surface area contributed by atoms with Gasteiger partial charge in [0.2, 0.25) is 0 Å². The van der Waals surface area contributed by atoms with Gasteiger partial charge in [-0.25, -0.2) is 4.98 Å². The summed E-state index contributed by atoms with van der Waals surface area (Å²) in [6.45, 7) is 8.57. The largest absolute Gasteiger partial charge is 0.302 e. The number of benzene rings is 1. The lowest BCUT2D eigenvalue weighted by Gasteiger charge is -2.20. The first-order valence-corrected chi connectivity index (χ1v) is 8.03. The van der Waals surface area contributed by atoms with Crippen LogP contribution >= 0.6 is 27.3 Å². The molecule has 1 unspecified atom stereocenters. The van der Waals surface area contributed by atoms with E-state index in [-0.39, 0.29) is 6.04 Å². The minimum absolute atomic E-state index is 0.267. The van der Waals surface area contributed by atoms with Crippen LogP contribution in [0.1, 0.15) is 47.1 Å². The number of aromatic nitrogens is 1. The molecular formula is C15H19BrN2S. The lowest BCUT2D eigenvalue weighted by Crippen LogP contribution is -2.23. The van der Waals surface area contributed by atoms with Crippen molar-refractivity contribution in [1.82, 2.24) is 10.3 Å². The molecule has 0 saturated heterocycles. The monoisotopic (exact) mass is 338 g/mol. The Balaban J connectivity index is 2.08. The summed E-state index contributed by atoms with van der Waals surface area (Å²) in [6, 6.07) is 9.03. The fourth-order valence-corrected chi connectivity index (χ4v) is 3.43. The van der Waals surface area contributed by atoms with Gasteiger partial charge in [-0.3, -0.25) is 0 Å². The highest BCUT2D eigenvalue weighted by atomic mass is 79.9. The lowest BCUT2D eigenvalue weighted by atomic mass is 10.1. The summed E-state index contributed by atoms with van der Waals surface area (Å²) < 4.78 is 1.11. The standard InChI is InChI=1S/C15H19BrN2S/c1-9(13-5-7-14(16)8-6-13)17-10(2)15-11(3)19-12(4)18-15/h5-10,17H,1-4H3/t9-,10?/m0/s1. The predicted octanol–water partition coefficient (Wildman–Crippen LogP) is 4.93. The summed E-state index contributed by atoms with van der Waals surface area (Å²) in [5.41, 5.74) is 2.46. The molecule has 0 amide bonds. The van der Waals surface area contributed by atoms with E-state index in [0.717, 1.165) is 9.48 Å². The van der Waals surface area contributed by atoms with Crippen LogP contribution < -0.4 is 5.32 Å². The molecular weight excluding hydrogens is 320 g/mol. The Morgan fingerprint density at radius 2 is 1.74 bits per heavy atom. The van der Waals surface area contributed by atoms with E-state index in [9.17, 15) is 0 Å². The fourth-order valence-electron chi connectivity index (χ4n) is 2.25. The van der Waals surface area contributed by atoms with Crippen molar-refractivity contribution in [2.24, 2.45) is 0 Å². The first kappa shape index (κ1) is 14.7. The summed E-state index contributed by atoms with van der Waals surface area (Å²) in [4.78, 5) is 5.93. The van der Waals surface area contributed by atoms with Crippen molar-refractivity contribution in [2.75, 3.05) is 0 Å². The van der Waals surface area contributed by atoms with E-state index >= 15 is 0 Å². The van der Waals surface area contributed by atoms with Crippen molar-refractivity contribution in [3.63, 3.8) is 0 Å². The SMILES string of the molecule is Cc1nc(C(C)N[C@@H](C)c2ccc(Br)cc2)c(C)s1. The van der Waals surface area contributed by atoms with Gasteiger partial charge in [-0.1, -0.05) is 28.1 Å². The van der Waals surface area contributed by atoms with Crippen molar-refractivity contribution >= 4 is 27.3 Å². The molecule has 1 heterocycles. The summed E-state index contributed by atoms with van der Waals surface area (Å²) in [5.74, 6) is 0. The average molecular weight is 339 g/mol. The first-order chi connectivity index (χ1) is 8.97. The van der Waals surface area contributed by atoms with E-state index in [1.807, 2.05) is 0 Å². The maximum absolute atomic E-state index is 4.62. The first-order valence-electron chi connectivity index (χ1n) is 6.43. The predicted molar refractivity (Wildman–Crippen MR) is 85.7 cm³/mol. The lowest BCUT2D eigenvalue weighted by molar-refractivity contribution is 0.486. The van der Waals surface area contributed by atoms with Crippen LogP contribution in [-0.2, 0) is 0 Å². The summed E-state index contributed by atoms with van der Waals surface area (Å²) in [6.07, 6.45) is 0. The normalized spacial score (nSPS) is 14.4. The molecule has 1 aromatic carbocycles. The van der Waals surface area contributed by atoms with Gasteiger partial charge in [-0.15, -0.1) is 11.3 Å². The van der Waals surface area contributed by atoms with Gasteiger partial charge in [0.15, 0.2) is 0 Å². The van der Waals surface area contributed by atoms with E-state index in [1.54, 1.807) is 11.3 Å². The van der Waals surface area contributed by atoms with Crippen LogP contribution in [0, 0.1) is 13.8 Å². The summed E-state index contributed by atoms with van der Waals surface area (Å²) in [5, 5.41) is 4.75. The topological polar surface area (TPSA) is 24.9 Å². The van der Waals surface area contributed by atoms with Crippen LogP contribution in [0.5, 0.6) is 0 Å². The highest BCUT2D eigenvalue weighted by Crippen LogP contribution is 2.25. The van der Waals surface area contributed by atoms with Crippen LogP contribution in [-0.4, -0.2) is 4.98 Å². The molecule has 0 aliphatic carbocycles. The Kier molecular flexibility index (Phi) is 4.76. The molecule has 0 fully saturated rings. The highest BCUT2D eigenvalue weighted by Gasteiger charge is 2.16. The van der Waals surface area contributed by atoms with E-state index in [0.29, 0.717) is 6.04 Å². The molecule has 2 nitrogen and oxygen atoms in total. The zero-order valence-corrected chi connectivity index (χ0v) is 14.1. The Morgan fingerprint density at radius 3 is 2.26 bits per heavy atom. The molecule has 0 aliphatic rings. The van der Waals surface area contributed by atoms with Crippen LogP contribution in [0.2, 0.25) is 0 Å². The number of nitrogens with one attached hydrogen (secondary N) is 1. The molecule has 0 aliphatic heterocycles. The Hall–Kier alpha value is -0.710.